The van der Waals surface area contributed by atoms with Gasteiger partial charge in [-0.3, -0.25) is 0 Å². The van der Waals surface area contributed by atoms with E-state index in [1.807, 2.05) is 0 Å². The van der Waals surface area contributed by atoms with Gasteiger partial charge < -0.3 is 9.80 Å². The first-order valence-electron chi connectivity index (χ1n) is 11.7. The van der Waals surface area contributed by atoms with Gasteiger partial charge in [0.25, 0.3) is 0 Å². The lowest BCUT2D eigenvalue weighted by Crippen LogP contribution is -2.74. The number of nitrogens with zero attached hydrogens (tertiary/aromatic N) is 2. The molecular weight excluding hydrogens is 366 g/mol. The van der Waals surface area contributed by atoms with E-state index in [9.17, 15) is 0 Å². The summed E-state index contributed by atoms with van der Waals surface area (Å²) in [6.07, 6.45) is 4.85. The highest BCUT2D eigenvalue weighted by atomic mass is 15.1. The van der Waals surface area contributed by atoms with Crippen LogP contribution in [0.2, 0.25) is 0 Å². The van der Waals surface area contributed by atoms with Crippen molar-refractivity contribution in [2.45, 2.75) is 58.8 Å². The molecule has 0 radical (unpaired) electrons. The average molecular weight is 405 g/mol. The molecule has 0 aromatic heterocycles. The number of hydrogen-bond acceptors (Lipinski definition) is 2. The van der Waals surface area contributed by atoms with E-state index >= 15 is 0 Å². The Balaban J connectivity index is 1.95. The Bertz CT molecular complexity index is 968. The summed E-state index contributed by atoms with van der Waals surface area (Å²) in [6, 6.07) is 12.0. The van der Waals surface area contributed by atoms with Crippen molar-refractivity contribution in [1.82, 2.24) is 0 Å². The first-order chi connectivity index (χ1) is 14.4. The number of nitrogens with one attached hydrogen (secondary N) is 1. The zero-order valence-corrected chi connectivity index (χ0v) is 19.7. The summed E-state index contributed by atoms with van der Waals surface area (Å²) in [5, 5.41) is 0. The summed E-state index contributed by atoms with van der Waals surface area (Å²) < 4.78 is 0. The molecule has 0 unspecified atom stereocenters. The van der Waals surface area contributed by atoms with Crippen LogP contribution in [0.25, 0.3) is 0 Å². The molecule has 2 aliphatic rings. The van der Waals surface area contributed by atoms with Crippen LogP contribution in [0.3, 0.4) is 0 Å². The number of hydrogen-bond donors (Lipinski definition) is 1. The Morgan fingerprint density at radius 2 is 1.80 bits per heavy atom. The molecule has 2 aromatic carbocycles. The Hall–Kier alpha value is -2.29. The first kappa shape index (κ1) is 21.0. The maximum Gasteiger partial charge on any atom is 0.213 e. The van der Waals surface area contributed by atoms with E-state index in [1.54, 1.807) is 0 Å². The van der Waals surface area contributed by atoms with Crippen LogP contribution in [-0.2, 0) is 11.8 Å². The summed E-state index contributed by atoms with van der Waals surface area (Å²) in [5.41, 5.74) is 11.2. The van der Waals surface area contributed by atoms with Gasteiger partial charge in [0.2, 0.25) is 5.71 Å². The maximum atomic E-state index is 3.84. The highest BCUT2D eigenvalue weighted by Crippen LogP contribution is 2.45. The van der Waals surface area contributed by atoms with E-state index < -0.39 is 0 Å². The fraction of sp³-hybridized carbons (Fsp3) is 0.519. The van der Waals surface area contributed by atoms with Crippen molar-refractivity contribution >= 4 is 17.1 Å². The molecule has 1 N–H and O–H groups in total. The second kappa shape index (κ2) is 8.09. The molecule has 1 aliphatic heterocycles. The van der Waals surface area contributed by atoms with Gasteiger partial charge in [-0.15, -0.1) is 0 Å². The summed E-state index contributed by atoms with van der Waals surface area (Å²) in [4.78, 5) is 8.61. The van der Waals surface area contributed by atoms with Crippen LogP contribution in [0.15, 0.2) is 30.3 Å². The van der Waals surface area contributed by atoms with Crippen molar-refractivity contribution in [3.63, 3.8) is 0 Å². The van der Waals surface area contributed by atoms with Crippen LogP contribution >= 0.6 is 0 Å². The fourth-order valence-electron chi connectivity index (χ4n) is 5.18. The van der Waals surface area contributed by atoms with Crippen LogP contribution in [0.5, 0.6) is 0 Å². The van der Waals surface area contributed by atoms with E-state index in [0.717, 1.165) is 13.1 Å². The standard InChI is InChI=1S/C27H37N3/c1-7-9-14-28-26-21-13-12-20(29(5)6)17-23(21)27(3,4)24-18-25-19(16-22(24)26)11-10-15-30(25)8-2/h12-13,16-18H,7-11,14-15H2,1-6H3/p+1. The molecule has 2 aromatic rings. The lowest BCUT2D eigenvalue weighted by Gasteiger charge is -2.38. The van der Waals surface area contributed by atoms with Gasteiger partial charge in [0, 0.05) is 50.4 Å². The number of unbranched alkanes of at least 4 members (excludes halogenated alkanes) is 1. The van der Waals surface area contributed by atoms with Gasteiger partial charge in [-0.25, -0.2) is 4.99 Å². The summed E-state index contributed by atoms with van der Waals surface area (Å²) in [6.45, 7) is 12.6. The number of aryl methyl sites for hydroxylation is 1. The van der Waals surface area contributed by atoms with Gasteiger partial charge >= 0.3 is 0 Å². The molecule has 3 heteroatoms. The summed E-state index contributed by atoms with van der Waals surface area (Å²) >= 11 is 0. The van der Waals surface area contributed by atoms with Crippen molar-refractivity contribution in [3.05, 3.63) is 58.1 Å². The third-order valence-corrected chi connectivity index (χ3v) is 7.05. The van der Waals surface area contributed by atoms with Gasteiger partial charge in [-0.05, 0) is 66.8 Å². The number of fused-ring (bicyclic) bond motifs is 3. The number of benzene rings is 2. The molecule has 1 heterocycles. The van der Waals surface area contributed by atoms with Crippen LogP contribution in [-0.4, -0.2) is 39.4 Å². The molecule has 0 bridgehead atoms. The Morgan fingerprint density at radius 1 is 1.03 bits per heavy atom. The van der Waals surface area contributed by atoms with Crippen LogP contribution in [0.4, 0.5) is 11.4 Å². The summed E-state index contributed by atoms with van der Waals surface area (Å²) in [7, 11) is 4.26. The third kappa shape index (κ3) is 3.42. The van der Waals surface area contributed by atoms with Gasteiger partial charge in [0.15, 0.2) is 0 Å². The second-order valence-corrected chi connectivity index (χ2v) is 9.61. The normalized spacial score (nSPS) is 18.1. The lowest BCUT2D eigenvalue weighted by atomic mass is 9.67. The molecule has 0 amide bonds. The highest BCUT2D eigenvalue weighted by Gasteiger charge is 2.39. The van der Waals surface area contributed by atoms with E-state index in [1.165, 1.54) is 77.1 Å². The highest BCUT2D eigenvalue weighted by molar-refractivity contribution is 6.14. The van der Waals surface area contributed by atoms with Crippen molar-refractivity contribution in [3.8, 4) is 0 Å². The zero-order chi connectivity index (χ0) is 21.5. The predicted octanol–water partition coefficient (Wildman–Crippen LogP) is 3.88. The van der Waals surface area contributed by atoms with Crippen LogP contribution < -0.4 is 14.8 Å². The molecule has 3 nitrogen and oxygen atoms in total. The monoisotopic (exact) mass is 404 g/mol. The lowest BCUT2D eigenvalue weighted by molar-refractivity contribution is -0.456. The number of rotatable bonds is 5. The Morgan fingerprint density at radius 3 is 2.50 bits per heavy atom. The van der Waals surface area contributed by atoms with Crippen LogP contribution in [0.1, 0.15) is 74.8 Å². The molecule has 4 rings (SSSR count). The molecule has 160 valence electrons. The third-order valence-electron chi connectivity index (χ3n) is 7.05. The SMILES string of the molecule is CCCC[NH+]=C1c2ccc(N(C)C)cc2C(C)(C)c2cc3c(cc21)CCCN3CC. The fourth-order valence-corrected chi connectivity index (χ4v) is 5.18. The Kier molecular flexibility index (Phi) is 5.65. The minimum absolute atomic E-state index is 0.0293. The summed E-state index contributed by atoms with van der Waals surface area (Å²) in [5.74, 6) is 0. The largest absolute Gasteiger partial charge is 0.378 e. The van der Waals surface area contributed by atoms with E-state index in [4.69, 9.17) is 0 Å². The van der Waals surface area contributed by atoms with Gasteiger partial charge in [0.05, 0.1) is 11.1 Å². The predicted molar refractivity (Wildman–Crippen MR) is 129 cm³/mol. The van der Waals surface area contributed by atoms with E-state index in [-0.39, 0.29) is 5.41 Å². The minimum atomic E-state index is -0.0293. The molecule has 0 fully saturated rings. The average Bonchev–Trinajstić information content (AvgIpc) is 2.74. The molecular formula is C27H38N3+. The van der Waals surface area contributed by atoms with E-state index in [2.05, 4.69) is 86.9 Å². The maximum absolute atomic E-state index is 3.84. The molecule has 30 heavy (non-hydrogen) atoms. The molecule has 0 atom stereocenters. The zero-order valence-electron chi connectivity index (χ0n) is 19.7. The topological polar surface area (TPSA) is 20.5 Å². The second-order valence-electron chi connectivity index (χ2n) is 9.61. The van der Waals surface area contributed by atoms with Gasteiger partial charge in [-0.1, -0.05) is 27.2 Å². The molecule has 0 saturated heterocycles. The van der Waals surface area contributed by atoms with Gasteiger partial charge in [0.1, 0.15) is 6.54 Å². The molecule has 0 spiro atoms. The molecule has 0 saturated carbocycles. The first-order valence-corrected chi connectivity index (χ1v) is 11.7. The number of anilines is 2. The minimum Gasteiger partial charge on any atom is -0.378 e. The quantitative estimate of drug-likeness (QED) is 0.763. The van der Waals surface area contributed by atoms with E-state index in [0.29, 0.717) is 0 Å². The van der Waals surface area contributed by atoms with Crippen molar-refractivity contribution in [2.75, 3.05) is 43.5 Å². The van der Waals surface area contributed by atoms with Crippen molar-refractivity contribution in [1.29, 1.82) is 0 Å². The van der Waals surface area contributed by atoms with Gasteiger partial charge in [-0.2, -0.15) is 0 Å². The van der Waals surface area contributed by atoms with Crippen LogP contribution in [0, 0.1) is 0 Å². The smallest absolute Gasteiger partial charge is 0.213 e. The van der Waals surface area contributed by atoms with Crippen molar-refractivity contribution < 1.29 is 4.99 Å². The molecule has 1 aliphatic carbocycles. The Labute approximate surface area is 182 Å². The van der Waals surface area contributed by atoms with Crippen molar-refractivity contribution in [2.24, 2.45) is 0 Å².